The minimum Gasteiger partial charge on any atom is -0.352 e. The molecule has 1 aliphatic heterocycles. The smallest absolute Gasteiger partial charge is 0.226 e. The number of hydrogen-bond acceptors (Lipinski definition) is 4. The molecule has 2 heterocycles. The second-order valence-electron chi connectivity index (χ2n) is 6.76. The Morgan fingerprint density at radius 1 is 1.38 bits per heavy atom. The summed E-state index contributed by atoms with van der Waals surface area (Å²) >= 11 is 1.71. The highest BCUT2D eigenvalue weighted by molar-refractivity contribution is 7.18. The third kappa shape index (κ3) is 3.62. The minimum atomic E-state index is -0.356. The maximum atomic E-state index is 13.1. The van der Waals surface area contributed by atoms with Crippen molar-refractivity contribution in [3.05, 3.63) is 29.3 Å². The second kappa shape index (κ2) is 7.62. The maximum Gasteiger partial charge on any atom is 0.226 e. The van der Waals surface area contributed by atoms with Gasteiger partial charge in [-0.15, -0.1) is 11.3 Å². The van der Waals surface area contributed by atoms with Gasteiger partial charge in [-0.1, -0.05) is 26.0 Å². The average molecular weight is 346 g/mol. The number of rotatable bonds is 6. The van der Waals surface area contributed by atoms with Gasteiger partial charge >= 0.3 is 0 Å². The van der Waals surface area contributed by atoms with E-state index in [-0.39, 0.29) is 17.4 Å². The topological polar surface area (TPSA) is 54.0 Å². The summed E-state index contributed by atoms with van der Waals surface area (Å²) in [5, 5.41) is 7.73. The van der Waals surface area contributed by atoms with Gasteiger partial charge in [0.15, 0.2) is 0 Å². The van der Waals surface area contributed by atoms with Crippen LogP contribution in [-0.2, 0) is 11.2 Å². The average Bonchev–Trinajstić information content (AvgIpc) is 3.02. The van der Waals surface area contributed by atoms with Crippen molar-refractivity contribution in [2.75, 3.05) is 13.1 Å². The van der Waals surface area contributed by atoms with Crippen LogP contribution in [0.15, 0.2) is 24.3 Å². The molecule has 1 aromatic heterocycles. The van der Waals surface area contributed by atoms with Crippen molar-refractivity contribution in [1.29, 1.82) is 0 Å². The monoisotopic (exact) mass is 345 g/mol. The van der Waals surface area contributed by atoms with Crippen molar-refractivity contribution in [2.45, 2.75) is 52.0 Å². The van der Waals surface area contributed by atoms with E-state index in [4.69, 9.17) is 4.98 Å². The molecule has 2 aromatic rings. The molecule has 0 aliphatic carbocycles. The summed E-state index contributed by atoms with van der Waals surface area (Å²) in [6, 6.07) is 8.47. The Kier molecular flexibility index (Phi) is 5.51. The number of carbonyl (C=O) groups is 1. The molecule has 1 saturated heterocycles. The first kappa shape index (κ1) is 17.4. The van der Waals surface area contributed by atoms with Gasteiger partial charge in [-0.05, 0) is 44.4 Å². The van der Waals surface area contributed by atoms with Gasteiger partial charge in [0.05, 0.1) is 20.6 Å². The van der Waals surface area contributed by atoms with Crippen LogP contribution in [0.3, 0.4) is 0 Å². The molecular weight excluding hydrogens is 318 g/mol. The fourth-order valence-electron chi connectivity index (χ4n) is 3.50. The number of nitrogens with one attached hydrogen (secondary N) is 2. The lowest BCUT2D eigenvalue weighted by molar-refractivity contribution is -0.132. The summed E-state index contributed by atoms with van der Waals surface area (Å²) in [6.45, 7) is 6.19. The van der Waals surface area contributed by atoms with Crippen LogP contribution in [0.25, 0.3) is 10.2 Å². The van der Waals surface area contributed by atoms with E-state index in [9.17, 15) is 4.79 Å². The SMILES string of the molecule is CCC(CC)(Cc1nc2ccccc2s1)C(=O)N[C@H]1CCCNC1. The Morgan fingerprint density at radius 2 is 2.17 bits per heavy atom. The van der Waals surface area contributed by atoms with Gasteiger partial charge in [0.2, 0.25) is 5.91 Å². The summed E-state index contributed by atoms with van der Waals surface area (Å²) in [4.78, 5) is 17.8. The summed E-state index contributed by atoms with van der Waals surface area (Å²) in [5.41, 5.74) is 0.682. The molecule has 0 spiro atoms. The number of aromatic nitrogens is 1. The molecule has 0 saturated carbocycles. The highest BCUT2D eigenvalue weighted by atomic mass is 32.1. The van der Waals surface area contributed by atoms with E-state index in [0.29, 0.717) is 0 Å². The predicted octanol–water partition coefficient (Wildman–Crippen LogP) is 3.51. The van der Waals surface area contributed by atoms with Gasteiger partial charge in [-0.2, -0.15) is 0 Å². The molecule has 1 aromatic carbocycles. The van der Waals surface area contributed by atoms with Crippen LogP contribution in [0.4, 0.5) is 0 Å². The lowest BCUT2D eigenvalue weighted by Crippen LogP contribution is -2.51. The Balaban J connectivity index is 1.77. The van der Waals surface area contributed by atoms with Crippen molar-refractivity contribution in [1.82, 2.24) is 15.6 Å². The van der Waals surface area contributed by atoms with Crippen LogP contribution in [0.1, 0.15) is 44.5 Å². The number of fused-ring (bicyclic) bond motifs is 1. The Bertz CT molecular complexity index is 654. The number of piperidine rings is 1. The highest BCUT2D eigenvalue weighted by Crippen LogP contribution is 2.34. The molecule has 130 valence electrons. The summed E-state index contributed by atoms with van der Waals surface area (Å²) in [6.07, 6.45) is 4.61. The van der Waals surface area contributed by atoms with E-state index in [1.54, 1.807) is 11.3 Å². The molecule has 2 N–H and O–H groups in total. The van der Waals surface area contributed by atoms with E-state index in [2.05, 4.69) is 30.5 Å². The molecule has 1 aliphatic rings. The summed E-state index contributed by atoms with van der Waals surface area (Å²) in [5.74, 6) is 0.195. The number of hydrogen-bond donors (Lipinski definition) is 2. The van der Waals surface area contributed by atoms with Crippen LogP contribution < -0.4 is 10.6 Å². The lowest BCUT2D eigenvalue weighted by Gasteiger charge is -2.33. The molecule has 0 unspecified atom stereocenters. The van der Waals surface area contributed by atoms with Crippen LogP contribution in [0.5, 0.6) is 0 Å². The van der Waals surface area contributed by atoms with Gasteiger partial charge in [-0.3, -0.25) is 4.79 Å². The molecule has 1 fully saturated rings. The Labute approximate surface area is 148 Å². The molecule has 1 amide bonds. The summed E-state index contributed by atoms with van der Waals surface area (Å²) in [7, 11) is 0. The Morgan fingerprint density at radius 3 is 2.83 bits per heavy atom. The van der Waals surface area contributed by atoms with Gasteiger partial charge < -0.3 is 10.6 Å². The van der Waals surface area contributed by atoms with Crippen LogP contribution in [0, 0.1) is 5.41 Å². The van der Waals surface area contributed by atoms with E-state index < -0.39 is 0 Å². The fraction of sp³-hybridized carbons (Fsp3) is 0.579. The van der Waals surface area contributed by atoms with Crippen LogP contribution in [-0.4, -0.2) is 30.0 Å². The first-order valence-corrected chi connectivity index (χ1v) is 9.84. The minimum absolute atomic E-state index is 0.195. The van der Waals surface area contributed by atoms with E-state index in [1.807, 2.05) is 18.2 Å². The second-order valence-corrected chi connectivity index (χ2v) is 7.87. The van der Waals surface area contributed by atoms with E-state index in [0.717, 1.165) is 55.7 Å². The first-order chi connectivity index (χ1) is 11.7. The lowest BCUT2D eigenvalue weighted by atomic mass is 9.78. The molecule has 3 rings (SSSR count). The molecular formula is C19H27N3OS. The van der Waals surface area contributed by atoms with Crippen LogP contribution in [0.2, 0.25) is 0 Å². The standard InChI is InChI=1S/C19H27N3OS/c1-3-19(4-2,18(23)21-14-8-7-11-20-13-14)12-17-22-15-9-5-6-10-16(15)24-17/h5-6,9-10,14,20H,3-4,7-8,11-13H2,1-2H3,(H,21,23)/t14-/m0/s1. The maximum absolute atomic E-state index is 13.1. The predicted molar refractivity (Wildman–Crippen MR) is 100 cm³/mol. The summed E-state index contributed by atoms with van der Waals surface area (Å²) < 4.78 is 1.20. The number of thiazole rings is 1. The largest absolute Gasteiger partial charge is 0.352 e. The number of carbonyl (C=O) groups excluding carboxylic acids is 1. The third-order valence-corrected chi connectivity index (χ3v) is 6.33. The quantitative estimate of drug-likeness (QED) is 0.842. The number of nitrogens with zero attached hydrogens (tertiary/aromatic N) is 1. The zero-order valence-corrected chi connectivity index (χ0v) is 15.4. The van der Waals surface area contributed by atoms with Crippen molar-refractivity contribution in [3.63, 3.8) is 0 Å². The van der Waals surface area contributed by atoms with Gasteiger partial charge in [0.25, 0.3) is 0 Å². The van der Waals surface area contributed by atoms with Gasteiger partial charge in [-0.25, -0.2) is 4.98 Å². The number of para-hydroxylation sites is 1. The molecule has 4 nitrogen and oxygen atoms in total. The van der Waals surface area contributed by atoms with Crippen molar-refractivity contribution in [2.24, 2.45) is 5.41 Å². The molecule has 0 bridgehead atoms. The van der Waals surface area contributed by atoms with E-state index >= 15 is 0 Å². The fourth-order valence-corrected chi connectivity index (χ4v) is 4.61. The van der Waals surface area contributed by atoms with Gasteiger partial charge in [0, 0.05) is 19.0 Å². The first-order valence-electron chi connectivity index (χ1n) is 9.03. The zero-order valence-electron chi connectivity index (χ0n) is 14.6. The zero-order chi connectivity index (χ0) is 17.0. The third-order valence-electron chi connectivity index (χ3n) is 5.30. The normalized spacial score (nSPS) is 18.7. The molecule has 24 heavy (non-hydrogen) atoms. The molecule has 1 atom stereocenters. The highest BCUT2D eigenvalue weighted by Gasteiger charge is 2.37. The van der Waals surface area contributed by atoms with Gasteiger partial charge in [0.1, 0.15) is 0 Å². The van der Waals surface area contributed by atoms with Crippen molar-refractivity contribution < 1.29 is 4.79 Å². The van der Waals surface area contributed by atoms with Crippen molar-refractivity contribution >= 4 is 27.5 Å². The number of benzene rings is 1. The number of amides is 1. The molecule has 0 radical (unpaired) electrons. The van der Waals surface area contributed by atoms with E-state index in [1.165, 1.54) is 4.70 Å². The van der Waals surface area contributed by atoms with Crippen LogP contribution >= 0.6 is 11.3 Å². The van der Waals surface area contributed by atoms with Crippen molar-refractivity contribution in [3.8, 4) is 0 Å². The Hall–Kier alpha value is -1.46. The molecule has 5 heteroatoms.